The van der Waals surface area contributed by atoms with Gasteiger partial charge in [0.25, 0.3) is 0 Å². The van der Waals surface area contributed by atoms with E-state index in [2.05, 4.69) is 0 Å². The lowest BCUT2D eigenvalue weighted by atomic mass is 9.96. The van der Waals surface area contributed by atoms with Crippen molar-refractivity contribution in [3.05, 3.63) is 0 Å². The van der Waals surface area contributed by atoms with Gasteiger partial charge in [0.05, 0.1) is 0 Å². The van der Waals surface area contributed by atoms with Crippen LogP contribution in [-0.4, -0.2) is 30.6 Å². The molecular formula is C5H2F9O. The predicted molar refractivity (Wildman–Crippen MR) is 26.4 cm³/mol. The minimum atomic E-state index is -6.92. The van der Waals surface area contributed by atoms with Crippen molar-refractivity contribution in [1.29, 1.82) is 0 Å². The maximum Gasteiger partial charge on any atom is 0.437 e. The molecule has 0 aromatic heterocycles. The maximum atomic E-state index is 12.4. The van der Waals surface area contributed by atoms with E-state index in [1.165, 1.54) is 0 Å². The fourth-order valence-corrected chi connectivity index (χ4v) is 0.675. The molecular weight excluding hydrogens is 247 g/mol. The van der Waals surface area contributed by atoms with Crippen molar-refractivity contribution in [2.45, 2.75) is 23.9 Å². The third-order valence-electron chi connectivity index (χ3n) is 1.47. The molecule has 1 radical (unpaired) electrons. The molecule has 0 spiro atoms. The molecule has 1 nitrogen and oxygen atoms in total. The van der Waals surface area contributed by atoms with Crippen molar-refractivity contribution in [3.8, 4) is 0 Å². The molecule has 0 heterocycles. The first kappa shape index (κ1) is 14.3. The van der Waals surface area contributed by atoms with Gasteiger partial charge in [-0.3, -0.25) is 0 Å². The van der Waals surface area contributed by atoms with Crippen LogP contribution >= 0.6 is 0 Å². The maximum absolute atomic E-state index is 12.4. The number of hydrogen-bond acceptors (Lipinski definition) is 0. The Morgan fingerprint density at radius 3 is 1.00 bits per heavy atom. The second-order valence-electron chi connectivity index (χ2n) is 2.50. The van der Waals surface area contributed by atoms with E-state index in [-0.39, 0.29) is 0 Å². The van der Waals surface area contributed by atoms with Crippen molar-refractivity contribution < 1.29 is 44.6 Å². The molecule has 0 bridgehead atoms. The van der Waals surface area contributed by atoms with Crippen LogP contribution in [0.25, 0.3) is 0 Å². The van der Waals surface area contributed by atoms with Gasteiger partial charge in [-0.2, -0.15) is 35.1 Å². The fraction of sp³-hybridized carbons (Fsp3) is 1.00. The van der Waals surface area contributed by atoms with Gasteiger partial charge in [0.2, 0.25) is 0 Å². The molecule has 91 valence electrons. The number of hydrogen-bond donors (Lipinski definition) is 0. The first-order valence-corrected chi connectivity index (χ1v) is 3.09. The smallest absolute Gasteiger partial charge is 0.230 e. The summed E-state index contributed by atoms with van der Waals surface area (Å²) in [4.78, 5) is 0. The van der Waals surface area contributed by atoms with Crippen molar-refractivity contribution in [3.63, 3.8) is 0 Å². The second kappa shape index (κ2) is 3.42. The van der Waals surface area contributed by atoms with Gasteiger partial charge in [0, 0.05) is 0 Å². The van der Waals surface area contributed by atoms with Gasteiger partial charge in [-0.1, -0.05) is 0 Å². The molecule has 0 unspecified atom stereocenters. The third kappa shape index (κ3) is 1.99. The SMILES string of the molecule is [O]CC(F)(F)C(F)(C(F)(F)F)C(F)(F)F. The van der Waals surface area contributed by atoms with Crippen molar-refractivity contribution in [2.24, 2.45) is 0 Å². The van der Waals surface area contributed by atoms with E-state index >= 15 is 0 Å². The highest BCUT2D eigenvalue weighted by Gasteiger charge is 2.84. The Kier molecular flexibility index (Phi) is 3.27. The molecule has 0 atom stereocenters. The number of alkyl halides is 9. The van der Waals surface area contributed by atoms with E-state index in [1.807, 2.05) is 0 Å². The minimum absolute atomic E-state index is 3.16. The van der Waals surface area contributed by atoms with Crippen LogP contribution in [0.15, 0.2) is 0 Å². The largest absolute Gasteiger partial charge is 0.437 e. The highest BCUT2D eigenvalue weighted by molar-refractivity contribution is 5.05. The van der Waals surface area contributed by atoms with Crippen LogP contribution in [0.2, 0.25) is 0 Å². The Labute approximate surface area is 76.5 Å². The number of rotatable bonds is 2. The van der Waals surface area contributed by atoms with Gasteiger partial charge < -0.3 is 0 Å². The Morgan fingerprint density at radius 1 is 0.667 bits per heavy atom. The van der Waals surface area contributed by atoms with Gasteiger partial charge in [0.1, 0.15) is 6.61 Å². The lowest BCUT2D eigenvalue weighted by Gasteiger charge is -2.34. The Hall–Kier alpha value is -0.670. The molecule has 0 aromatic rings. The first-order chi connectivity index (χ1) is 6.31. The highest BCUT2D eigenvalue weighted by atomic mass is 19.4. The summed E-state index contributed by atoms with van der Waals surface area (Å²) < 4.78 is 106. The summed E-state index contributed by atoms with van der Waals surface area (Å²) in [5.74, 6) is -6.11. The summed E-state index contributed by atoms with van der Waals surface area (Å²) in [5, 5.41) is 9.50. The van der Waals surface area contributed by atoms with Crippen LogP contribution < -0.4 is 0 Å². The molecule has 0 saturated heterocycles. The normalized spacial score (nSPS) is 15.6. The molecule has 0 aliphatic heterocycles. The van der Waals surface area contributed by atoms with Crippen LogP contribution in [0.1, 0.15) is 0 Å². The van der Waals surface area contributed by atoms with Gasteiger partial charge in [-0.15, -0.1) is 0 Å². The highest BCUT2D eigenvalue weighted by Crippen LogP contribution is 2.54. The quantitative estimate of drug-likeness (QED) is 0.670. The summed E-state index contributed by atoms with van der Waals surface area (Å²) in [6.07, 6.45) is -13.8. The molecule has 0 fully saturated rings. The Bertz CT molecular complexity index is 212. The van der Waals surface area contributed by atoms with Crippen LogP contribution in [0.5, 0.6) is 0 Å². The Balaban J connectivity index is 5.65. The van der Waals surface area contributed by atoms with E-state index in [9.17, 15) is 44.6 Å². The molecule has 0 N–H and O–H groups in total. The molecule has 0 rings (SSSR count). The minimum Gasteiger partial charge on any atom is -0.230 e. The van der Waals surface area contributed by atoms with E-state index in [0.717, 1.165) is 0 Å². The molecule has 0 saturated carbocycles. The third-order valence-corrected chi connectivity index (χ3v) is 1.47. The molecule has 0 aliphatic carbocycles. The van der Waals surface area contributed by atoms with Crippen molar-refractivity contribution in [1.82, 2.24) is 0 Å². The number of halogens is 9. The average Bonchev–Trinajstić information content (AvgIpc) is 1.98. The van der Waals surface area contributed by atoms with Gasteiger partial charge >= 0.3 is 23.9 Å². The molecule has 0 aliphatic rings. The van der Waals surface area contributed by atoms with Crippen LogP contribution in [-0.2, 0) is 5.11 Å². The van der Waals surface area contributed by atoms with E-state index in [4.69, 9.17) is 0 Å². The summed E-state index contributed by atoms with van der Waals surface area (Å²) in [6, 6.07) is 0. The monoisotopic (exact) mass is 249 g/mol. The first-order valence-electron chi connectivity index (χ1n) is 3.09. The van der Waals surface area contributed by atoms with Crippen molar-refractivity contribution >= 4 is 0 Å². The summed E-state index contributed by atoms with van der Waals surface area (Å²) >= 11 is 0. The molecule has 0 amide bonds. The van der Waals surface area contributed by atoms with Crippen LogP contribution in [0, 0.1) is 0 Å². The van der Waals surface area contributed by atoms with Crippen LogP contribution in [0.3, 0.4) is 0 Å². The summed E-state index contributed by atoms with van der Waals surface area (Å²) in [7, 11) is 0. The standard InChI is InChI=1S/C5H2F9O/c6-2(7,1-15)3(8,4(9,10)11)5(12,13)14/h1H2. The predicted octanol–water partition coefficient (Wildman–Crippen LogP) is 2.89. The molecule has 10 heteroatoms. The topological polar surface area (TPSA) is 19.9 Å². The van der Waals surface area contributed by atoms with Crippen LogP contribution in [0.4, 0.5) is 39.5 Å². The zero-order valence-electron chi connectivity index (χ0n) is 6.52. The zero-order valence-corrected chi connectivity index (χ0v) is 6.52. The molecule has 15 heavy (non-hydrogen) atoms. The summed E-state index contributed by atoms with van der Waals surface area (Å²) in [5.41, 5.74) is -6.82. The fourth-order valence-electron chi connectivity index (χ4n) is 0.675. The van der Waals surface area contributed by atoms with E-state index < -0.39 is 30.6 Å². The summed E-state index contributed by atoms with van der Waals surface area (Å²) in [6.45, 7) is -3.16. The molecule has 0 aromatic carbocycles. The van der Waals surface area contributed by atoms with E-state index in [1.54, 1.807) is 0 Å². The lowest BCUT2D eigenvalue weighted by Crippen LogP contribution is -2.65. The van der Waals surface area contributed by atoms with Gasteiger partial charge in [-0.25, -0.2) is 9.50 Å². The lowest BCUT2D eigenvalue weighted by molar-refractivity contribution is -0.401. The van der Waals surface area contributed by atoms with Gasteiger partial charge in [-0.05, 0) is 0 Å². The van der Waals surface area contributed by atoms with E-state index in [0.29, 0.717) is 0 Å². The Morgan fingerprint density at radius 2 is 0.933 bits per heavy atom. The van der Waals surface area contributed by atoms with Gasteiger partial charge in [0.15, 0.2) is 0 Å². The zero-order chi connectivity index (χ0) is 12.7. The average molecular weight is 249 g/mol. The second-order valence-corrected chi connectivity index (χ2v) is 2.50. The van der Waals surface area contributed by atoms with Crippen molar-refractivity contribution in [2.75, 3.05) is 6.61 Å².